The fourth-order valence-electron chi connectivity index (χ4n) is 2.70. The van der Waals surface area contributed by atoms with E-state index in [2.05, 4.69) is 34.2 Å². The maximum absolute atomic E-state index is 12.4. The van der Waals surface area contributed by atoms with Crippen molar-refractivity contribution in [2.24, 2.45) is 0 Å². The number of aromatic nitrogens is 2. The number of carbonyl (C=O) groups is 1. The van der Waals surface area contributed by atoms with Gasteiger partial charge in [-0.15, -0.1) is 11.3 Å². The largest absolute Gasteiger partial charge is 0.345 e. The van der Waals surface area contributed by atoms with Crippen molar-refractivity contribution < 1.29 is 4.79 Å². The van der Waals surface area contributed by atoms with E-state index in [4.69, 9.17) is 0 Å². The van der Waals surface area contributed by atoms with Gasteiger partial charge in [-0.1, -0.05) is 30.3 Å². The molecule has 0 N–H and O–H groups in total. The number of hydrogen-bond acceptors (Lipinski definition) is 4. The lowest BCUT2D eigenvalue weighted by Crippen LogP contribution is -2.30. The van der Waals surface area contributed by atoms with E-state index >= 15 is 0 Å². The molecule has 0 aliphatic carbocycles. The minimum Gasteiger partial charge on any atom is -0.345 e. The van der Waals surface area contributed by atoms with Crippen LogP contribution >= 0.6 is 11.3 Å². The van der Waals surface area contributed by atoms with Crippen molar-refractivity contribution in [2.75, 3.05) is 13.6 Å². The SMILES string of the molecule is CN(CCc1ccncc1)C(=O)Cc1csc(CCc2ccccc2)n1. The number of aryl methyl sites for hydroxylation is 2. The molecule has 26 heavy (non-hydrogen) atoms. The van der Waals surface area contributed by atoms with E-state index in [0.717, 1.165) is 30.0 Å². The summed E-state index contributed by atoms with van der Waals surface area (Å²) in [4.78, 5) is 22.8. The summed E-state index contributed by atoms with van der Waals surface area (Å²) in [6, 6.07) is 14.4. The summed E-state index contributed by atoms with van der Waals surface area (Å²) in [6.45, 7) is 0.702. The Morgan fingerprint density at radius 2 is 1.73 bits per heavy atom. The quantitative estimate of drug-likeness (QED) is 0.613. The number of pyridine rings is 1. The third-order valence-electron chi connectivity index (χ3n) is 4.31. The van der Waals surface area contributed by atoms with Crippen LogP contribution in [-0.4, -0.2) is 34.4 Å². The van der Waals surface area contributed by atoms with E-state index in [1.807, 2.05) is 30.6 Å². The van der Waals surface area contributed by atoms with Crippen molar-refractivity contribution in [1.29, 1.82) is 0 Å². The van der Waals surface area contributed by atoms with Gasteiger partial charge in [-0.3, -0.25) is 9.78 Å². The fraction of sp³-hybridized carbons (Fsp3) is 0.286. The van der Waals surface area contributed by atoms with E-state index in [9.17, 15) is 4.79 Å². The molecule has 0 saturated carbocycles. The highest BCUT2D eigenvalue weighted by Gasteiger charge is 2.12. The molecule has 4 nitrogen and oxygen atoms in total. The van der Waals surface area contributed by atoms with Gasteiger partial charge in [0, 0.05) is 37.8 Å². The number of nitrogens with zero attached hydrogens (tertiary/aromatic N) is 3. The van der Waals surface area contributed by atoms with Crippen LogP contribution < -0.4 is 0 Å². The monoisotopic (exact) mass is 365 g/mol. The standard InChI is InChI=1S/C21H23N3OS/c1-24(14-11-18-9-12-22-13-10-18)21(25)15-19-16-26-20(23-19)8-7-17-5-3-2-4-6-17/h2-6,9-10,12-13,16H,7-8,11,14-15H2,1H3. The molecule has 134 valence electrons. The highest BCUT2D eigenvalue weighted by Crippen LogP contribution is 2.14. The maximum Gasteiger partial charge on any atom is 0.228 e. The average Bonchev–Trinajstić information content (AvgIpc) is 3.13. The zero-order valence-electron chi connectivity index (χ0n) is 15.0. The predicted octanol–water partition coefficient (Wildman–Crippen LogP) is 3.57. The average molecular weight is 366 g/mol. The topological polar surface area (TPSA) is 46.1 Å². The van der Waals surface area contributed by atoms with Gasteiger partial charge < -0.3 is 4.90 Å². The van der Waals surface area contributed by atoms with Crippen LogP contribution in [0.25, 0.3) is 0 Å². The minimum absolute atomic E-state index is 0.110. The lowest BCUT2D eigenvalue weighted by molar-refractivity contribution is -0.129. The van der Waals surface area contributed by atoms with E-state index in [-0.39, 0.29) is 5.91 Å². The summed E-state index contributed by atoms with van der Waals surface area (Å²) >= 11 is 1.64. The molecule has 3 aromatic rings. The van der Waals surface area contributed by atoms with E-state index in [1.165, 1.54) is 11.1 Å². The molecular formula is C21H23N3OS. The summed E-state index contributed by atoms with van der Waals surface area (Å²) in [6.07, 6.45) is 6.67. The molecule has 0 bridgehead atoms. The summed E-state index contributed by atoms with van der Waals surface area (Å²) in [5, 5.41) is 3.10. The second kappa shape index (κ2) is 9.25. The smallest absolute Gasteiger partial charge is 0.228 e. The molecule has 0 aliphatic rings. The van der Waals surface area contributed by atoms with Gasteiger partial charge in [0.25, 0.3) is 0 Å². The Morgan fingerprint density at radius 1 is 1.00 bits per heavy atom. The van der Waals surface area contributed by atoms with Gasteiger partial charge >= 0.3 is 0 Å². The van der Waals surface area contributed by atoms with Crippen LogP contribution in [0.15, 0.2) is 60.2 Å². The van der Waals surface area contributed by atoms with E-state index in [0.29, 0.717) is 13.0 Å². The second-order valence-electron chi connectivity index (χ2n) is 6.32. The number of benzene rings is 1. The molecule has 0 unspecified atom stereocenters. The Kier molecular flexibility index (Phi) is 6.50. The van der Waals surface area contributed by atoms with Crippen LogP contribution in [0.4, 0.5) is 0 Å². The Bertz CT molecular complexity index is 818. The molecule has 0 saturated heterocycles. The number of likely N-dealkylation sites (N-methyl/N-ethyl adjacent to an activating group) is 1. The van der Waals surface area contributed by atoms with Crippen LogP contribution in [0.1, 0.15) is 21.8 Å². The highest BCUT2D eigenvalue weighted by molar-refractivity contribution is 7.09. The molecule has 0 aliphatic heterocycles. The van der Waals surface area contributed by atoms with Gasteiger partial charge in [0.05, 0.1) is 17.1 Å². The zero-order chi connectivity index (χ0) is 18.2. The maximum atomic E-state index is 12.4. The molecule has 0 radical (unpaired) electrons. The molecule has 2 heterocycles. The number of carbonyl (C=O) groups excluding carboxylic acids is 1. The van der Waals surface area contributed by atoms with Crippen molar-refractivity contribution in [2.45, 2.75) is 25.7 Å². The lowest BCUT2D eigenvalue weighted by Gasteiger charge is -2.16. The first-order chi connectivity index (χ1) is 12.7. The fourth-order valence-corrected chi connectivity index (χ4v) is 3.50. The molecule has 1 aromatic carbocycles. The predicted molar refractivity (Wildman–Crippen MR) is 105 cm³/mol. The minimum atomic E-state index is 0.110. The van der Waals surface area contributed by atoms with Gasteiger partial charge in [0.1, 0.15) is 0 Å². The Morgan fingerprint density at radius 3 is 2.50 bits per heavy atom. The highest BCUT2D eigenvalue weighted by atomic mass is 32.1. The van der Waals surface area contributed by atoms with Crippen molar-refractivity contribution in [3.05, 3.63) is 82.1 Å². The lowest BCUT2D eigenvalue weighted by atomic mass is 10.1. The van der Waals surface area contributed by atoms with E-state index < -0.39 is 0 Å². The van der Waals surface area contributed by atoms with Crippen LogP contribution in [0, 0.1) is 0 Å². The molecule has 2 aromatic heterocycles. The second-order valence-corrected chi connectivity index (χ2v) is 7.26. The normalized spacial score (nSPS) is 10.7. The number of amides is 1. The van der Waals surface area contributed by atoms with Crippen LogP contribution in [0.2, 0.25) is 0 Å². The first kappa shape index (κ1) is 18.3. The van der Waals surface area contributed by atoms with Gasteiger partial charge in [0.15, 0.2) is 0 Å². The van der Waals surface area contributed by atoms with Crippen molar-refractivity contribution in [3.8, 4) is 0 Å². The van der Waals surface area contributed by atoms with Gasteiger partial charge in [0.2, 0.25) is 5.91 Å². The molecule has 5 heteroatoms. The molecule has 3 rings (SSSR count). The molecule has 0 spiro atoms. The van der Waals surface area contributed by atoms with Crippen molar-refractivity contribution in [3.63, 3.8) is 0 Å². The molecule has 1 amide bonds. The Labute approximate surface area is 158 Å². The number of thiazole rings is 1. The number of rotatable bonds is 8. The van der Waals surface area contributed by atoms with Crippen LogP contribution in [0.3, 0.4) is 0 Å². The van der Waals surface area contributed by atoms with Gasteiger partial charge in [-0.05, 0) is 36.1 Å². The first-order valence-electron chi connectivity index (χ1n) is 8.81. The third-order valence-corrected chi connectivity index (χ3v) is 5.27. The zero-order valence-corrected chi connectivity index (χ0v) is 15.8. The van der Waals surface area contributed by atoms with Gasteiger partial charge in [-0.25, -0.2) is 4.98 Å². The van der Waals surface area contributed by atoms with E-state index in [1.54, 1.807) is 28.6 Å². The third kappa shape index (κ3) is 5.49. The summed E-state index contributed by atoms with van der Waals surface area (Å²) in [5.74, 6) is 0.110. The molecular weight excluding hydrogens is 342 g/mol. The molecule has 0 fully saturated rings. The summed E-state index contributed by atoms with van der Waals surface area (Å²) in [5.41, 5.74) is 3.38. The van der Waals surface area contributed by atoms with Crippen molar-refractivity contribution in [1.82, 2.24) is 14.9 Å². The summed E-state index contributed by atoms with van der Waals surface area (Å²) < 4.78 is 0. The van der Waals surface area contributed by atoms with Crippen LogP contribution in [0.5, 0.6) is 0 Å². The van der Waals surface area contributed by atoms with Crippen LogP contribution in [-0.2, 0) is 30.5 Å². The Balaban J connectivity index is 1.46. The van der Waals surface area contributed by atoms with Crippen molar-refractivity contribution >= 4 is 17.2 Å². The number of hydrogen-bond donors (Lipinski definition) is 0. The molecule has 0 atom stereocenters. The van der Waals surface area contributed by atoms with Gasteiger partial charge in [-0.2, -0.15) is 0 Å². The first-order valence-corrected chi connectivity index (χ1v) is 9.69. The Hall–Kier alpha value is -2.53. The summed E-state index contributed by atoms with van der Waals surface area (Å²) in [7, 11) is 1.85.